The molecule has 0 aromatic rings. The van der Waals surface area contributed by atoms with Crippen molar-refractivity contribution in [3.63, 3.8) is 0 Å². The van der Waals surface area contributed by atoms with E-state index in [0.29, 0.717) is 39.6 Å². The lowest BCUT2D eigenvalue weighted by Gasteiger charge is -2.22. The summed E-state index contributed by atoms with van der Waals surface area (Å²) in [6, 6.07) is 0. The quantitative estimate of drug-likeness (QED) is 0.483. The smallest absolute Gasteiger partial charge is 0.101 e. The summed E-state index contributed by atoms with van der Waals surface area (Å²) in [7, 11) is 1.67. The molecule has 114 valence electrons. The van der Waals surface area contributed by atoms with Crippen molar-refractivity contribution in [2.75, 3.05) is 84.5 Å². The summed E-state index contributed by atoms with van der Waals surface area (Å²) in [5, 5.41) is 0. The van der Waals surface area contributed by atoms with Crippen LogP contribution in [-0.4, -0.2) is 84.5 Å². The van der Waals surface area contributed by atoms with Gasteiger partial charge in [0, 0.05) is 18.6 Å². The maximum atomic E-state index is 5.57. The Morgan fingerprint density at radius 3 is 1.89 bits per heavy atom. The first kappa shape index (κ1) is 17.2. The summed E-state index contributed by atoms with van der Waals surface area (Å²) in [6.07, 6.45) is 0. The van der Waals surface area contributed by atoms with Gasteiger partial charge in [-0.15, -0.1) is 0 Å². The zero-order valence-electron chi connectivity index (χ0n) is 12.0. The van der Waals surface area contributed by atoms with E-state index in [4.69, 9.17) is 18.9 Å². The third-order valence-corrected chi connectivity index (χ3v) is 3.96. The molecule has 1 aliphatic heterocycles. The molecule has 0 aliphatic carbocycles. The van der Waals surface area contributed by atoms with Crippen LogP contribution >= 0.6 is 11.8 Å². The van der Waals surface area contributed by atoms with Crippen LogP contribution in [0.3, 0.4) is 0 Å². The van der Waals surface area contributed by atoms with Crippen LogP contribution in [0.1, 0.15) is 0 Å². The Balaban J connectivity index is 1.71. The van der Waals surface area contributed by atoms with Crippen LogP contribution < -0.4 is 4.90 Å². The maximum Gasteiger partial charge on any atom is 0.101 e. The van der Waals surface area contributed by atoms with Gasteiger partial charge in [0.15, 0.2) is 0 Å². The number of hydrogen-bond donors (Lipinski definition) is 1. The second-order valence-electron chi connectivity index (χ2n) is 4.44. The van der Waals surface area contributed by atoms with E-state index in [0.717, 1.165) is 13.2 Å². The number of quaternary nitrogens is 1. The molecule has 0 saturated carbocycles. The molecule has 5 nitrogen and oxygen atoms in total. The normalized spacial score (nSPS) is 16.9. The lowest BCUT2D eigenvalue weighted by molar-refractivity contribution is -0.896. The number of methoxy groups -OCH3 is 1. The summed E-state index contributed by atoms with van der Waals surface area (Å²) in [4.78, 5) is 1.67. The number of rotatable bonds is 12. The summed E-state index contributed by atoms with van der Waals surface area (Å²) >= 11 is 2.06. The lowest BCUT2D eigenvalue weighted by atomic mass is 10.5. The fraction of sp³-hybridized carbons (Fsp3) is 1.00. The van der Waals surface area contributed by atoms with Gasteiger partial charge in [-0.1, -0.05) is 0 Å². The van der Waals surface area contributed by atoms with E-state index in [1.807, 2.05) is 0 Å². The van der Waals surface area contributed by atoms with Crippen molar-refractivity contribution in [3.05, 3.63) is 0 Å². The minimum atomic E-state index is 0.624. The molecule has 0 spiro atoms. The predicted molar refractivity (Wildman–Crippen MR) is 77.2 cm³/mol. The van der Waals surface area contributed by atoms with Gasteiger partial charge in [-0.2, -0.15) is 11.8 Å². The molecule has 0 radical (unpaired) electrons. The summed E-state index contributed by atoms with van der Waals surface area (Å²) in [5.74, 6) is 2.59. The van der Waals surface area contributed by atoms with Gasteiger partial charge >= 0.3 is 0 Å². The molecule has 1 fully saturated rings. The van der Waals surface area contributed by atoms with Crippen molar-refractivity contribution in [1.29, 1.82) is 0 Å². The first-order valence-corrected chi connectivity index (χ1v) is 8.22. The minimum Gasteiger partial charge on any atom is -0.382 e. The second kappa shape index (κ2) is 13.1. The van der Waals surface area contributed by atoms with Gasteiger partial charge in [-0.3, -0.25) is 0 Å². The molecule has 0 aromatic carbocycles. The first-order valence-electron chi connectivity index (χ1n) is 7.07. The van der Waals surface area contributed by atoms with E-state index in [1.54, 1.807) is 12.0 Å². The topological polar surface area (TPSA) is 41.4 Å². The zero-order valence-corrected chi connectivity index (χ0v) is 12.8. The van der Waals surface area contributed by atoms with Gasteiger partial charge in [-0.25, -0.2) is 0 Å². The van der Waals surface area contributed by atoms with E-state index in [9.17, 15) is 0 Å². The molecule has 1 rings (SSSR count). The Hall–Kier alpha value is 0.150. The molecule has 0 unspecified atom stereocenters. The molecule has 6 heteroatoms. The van der Waals surface area contributed by atoms with Gasteiger partial charge in [0.25, 0.3) is 0 Å². The molecule has 1 heterocycles. The Morgan fingerprint density at radius 2 is 1.32 bits per heavy atom. The largest absolute Gasteiger partial charge is 0.382 e. The van der Waals surface area contributed by atoms with Crippen LogP contribution in [0, 0.1) is 0 Å². The lowest BCUT2D eigenvalue weighted by Crippen LogP contribution is -3.14. The fourth-order valence-corrected chi connectivity index (χ4v) is 2.88. The molecule has 0 atom stereocenters. The highest BCUT2D eigenvalue weighted by atomic mass is 32.2. The van der Waals surface area contributed by atoms with Crippen LogP contribution in [0.5, 0.6) is 0 Å². The van der Waals surface area contributed by atoms with Crippen LogP contribution in [0.4, 0.5) is 0 Å². The first-order chi connectivity index (χ1) is 9.43. The predicted octanol–water partition coefficient (Wildman–Crippen LogP) is -0.686. The van der Waals surface area contributed by atoms with Crippen LogP contribution in [0.15, 0.2) is 0 Å². The summed E-state index contributed by atoms with van der Waals surface area (Å²) in [6.45, 7) is 8.38. The fourth-order valence-electron chi connectivity index (χ4n) is 1.81. The molecular formula is C13H28NO4S+. The van der Waals surface area contributed by atoms with Crippen molar-refractivity contribution in [3.8, 4) is 0 Å². The standard InChI is InChI=1S/C13H27NO4S/c1-15-6-7-17-10-11-18-9-8-16-5-2-14-3-12-19-13-4-14/h2-13H2,1H3/p+1. The molecule has 1 N–H and O–H groups in total. The van der Waals surface area contributed by atoms with Gasteiger partial charge in [0.05, 0.1) is 59.3 Å². The minimum absolute atomic E-state index is 0.624. The monoisotopic (exact) mass is 294 g/mol. The average Bonchev–Trinajstić information content (AvgIpc) is 2.46. The van der Waals surface area contributed by atoms with E-state index < -0.39 is 0 Å². The third-order valence-electron chi connectivity index (χ3n) is 2.98. The van der Waals surface area contributed by atoms with Crippen molar-refractivity contribution in [2.24, 2.45) is 0 Å². The molecule has 0 bridgehead atoms. The van der Waals surface area contributed by atoms with E-state index in [-0.39, 0.29) is 0 Å². The van der Waals surface area contributed by atoms with E-state index >= 15 is 0 Å². The van der Waals surface area contributed by atoms with Crippen molar-refractivity contribution >= 4 is 11.8 Å². The van der Waals surface area contributed by atoms with Crippen molar-refractivity contribution < 1.29 is 23.8 Å². The van der Waals surface area contributed by atoms with E-state index in [1.165, 1.54) is 24.6 Å². The van der Waals surface area contributed by atoms with Crippen molar-refractivity contribution in [2.45, 2.75) is 0 Å². The number of thioether (sulfide) groups is 1. The Bertz CT molecular complexity index is 191. The summed E-state index contributed by atoms with van der Waals surface area (Å²) in [5.41, 5.74) is 0. The SMILES string of the molecule is COCCOCCOCCOCC[NH+]1CCSCC1. The van der Waals surface area contributed by atoms with Gasteiger partial charge in [-0.05, 0) is 0 Å². The molecule has 1 saturated heterocycles. The van der Waals surface area contributed by atoms with Gasteiger partial charge < -0.3 is 23.8 Å². The highest BCUT2D eigenvalue weighted by Gasteiger charge is 2.12. The zero-order chi connectivity index (χ0) is 13.6. The molecule has 1 aliphatic rings. The Labute approximate surface area is 120 Å². The van der Waals surface area contributed by atoms with Crippen LogP contribution in [0.25, 0.3) is 0 Å². The Kier molecular flexibility index (Phi) is 11.9. The third kappa shape index (κ3) is 10.6. The van der Waals surface area contributed by atoms with Gasteiger partial charge in [0.2, 0.25) is 0 Å². The second-order valence-corrected chi connectivity index (χ2v) is 5.67. The van der Waals surface area contributed by atoms with Gasteiger partial charge in [0.1, 0.15) is 6.54 Å². The average molecular weight is 294 g/mol. The number of ether oxygens (including phenoxy) is 4. The molecule has 0 amide bonds. The molecule has 0 aromatic heterocycles. The number of nitrogens with one attached hydrogen (secondary N) is 1. The Morgan fingerprint density at radius 1 is 0.789 bits per heavy atom. The van der Waals surface area contributed by atoms with Crippen LogP contribution in [0.2, 0.25) is 0 Å². The highest BCUT2D eigenvalue weighted by molar-refractivity contribution is 7.99. The van der Waals surface area contributed by atoms with Crippen molar-refractivity contribution in [1.82, 2.24) is 0 Å². The summed E-state index contributed by atoms with van der Waals surface area (Å²) < 4.78 is 21.1. The van der Waals surface area contributed by atoms with Crippen LogP contribution in [-0.2, 0) is 18.9 Å². The van der Waals surface area contributed by atoms with E-state index in [2.05, 4.69) is 11.8 Å². The maximum absolute atomic E-state index is 5.57. The number of hydrogen-bond acceptors (Lipinski definition) is 5. The highest BCUT2D eigenvalue weighted by Crippen LogP contribution is 1.97. The molecular weight excluding hydrogens is 266 g/mol. The molecule has 19 heavy (non-hydrogen) atoms.